The van der Waals surface area contributed by atoms with Crippen LogP contribution in [0.15, 0.2) is 22.7 Å². The van der Waals surface area contributed by atoms with E-state index in [1.165, 1.54) is 11.1 Å². The van der Waals surface area contributed by atoms with Crippen LogP contribution in [0, 0.1) is 0 Å². The fraction of sp³-hybridized carbons (Fsp3) is 0.385. The Morgan fingerprint density at radius 1 is 1.40 bits per heavy atom. The van der Waals surface area contributed by atoms with E-state index in [2.05, 4.69) is 27.3 Å². The van der Waals surface area contributed by atoms with E-state index in [-0.39, 0.29) is 31.4 Å². The van der Waals surface area contributed by atoms with Crippen molar-refractivity contribution in [3.05, 3.63) is 33.8 Å². The van der Waals surface area contributed by atoms with Crippen LogP contribution in [0.25, 0.3) is 0 Å². The van der Waals surface area contributed by atoms with Gasteiger partial charge in [-0.3, -0.25) is 14.5 Å². The number of halogens is 2. The van der Waals surface area contributed by atoms with E-state index in [1.807, 2.05) is 17.0 Å². The average Bonchev–Trinajstić information content (AvgIpc) is 2.36. The summed E-state index contributed by atoms with van der Waals surface area (Å²) < 4.78 is 1.11. The number of hydrogen-bond acceptors (Lipinski definition) is 3. The number of benzene rings is 1. The standard InChI is InChI=1S/C13H15BrN2O3.ClH/c14-11-3-1-2-9-7-16(5-4-10(9)11)8-12(17)15-6-13(18)19;/h1-3H,4-8H2,(H,15,17)(H,18,19);1H. The number of nitrogens with one attached hydrogen (secondary N) is 1. The van der Waals surface area contributed by atoms with Crippen LogP contribution in [0.4, 0.5) is 0 Å². The summed E-state index contributed by atoms with van der Waals surface area (Å²) in [6.45, 7) is 1.43. The van der Waals surface area contributed by atoms with Gasteiger partial charge in [-0.2, -0.15) is 0 Å². The maximum Gasteiger partial charge on any atom is 0.322 e. The van der Waals surface area contributed by atoms with Gasteiger partial charge < -0.3 is 10.4 Å². The fourth-order valence-corrected chi connectivity index (χ4v) is 2.79. The van der Waals surface area contributed by atoms with Gasteiger partial charge in [0.2, 0.25) is 5.91 Å². The van der Waals surface area contributed by atoms with Crippen molar-refractivity contribution < 1.29 is 14.7 Å². The number of carboxylic acids is 1. The molecule has 1 aromatic rings. The first kappa shape index (κ1) is 16.9. The van der Waals surface area contributed by atoms with Gasteiger partial charge in [0, 0.05) is 17.6 Å². The third-order valence-corrected chi connectivity index (χ3v) is 3.83. The summed E-state index contributed by atoms with van der Waals surface area (Å²) in [5, 5.41) is 10.9. The molecule has 5 nitrogen and oxygen atoms in total. The maximum atomic E-state index is 11.6. The molecule has 0 atom stereocenters. The minimum absolute atomic E-state index is 0. The topological polar surface area (TPSA) is 69.6 Å². The lowest BCUT2D eigenvalue weighted by Crippen LogP contribution is -2.41. The summed E-state index contributed by atoms with van der Waals surface area (Å²) in [7, 11) is 0. The molecule has 2 rings (SSSR count). The molecule has 7 heteroatoms. The second-order valence-corrected chi connectivity index (χ2v) is 5.36. The quantitative estimate of drug-likeness (QED) is 0.849. The number of carbonyl (C=O) groups excluding carboxylic acids is 1. The van der Waals surface area contributed by atoms with Gasteiger partial charge in [-0.1, -0.05) is 28.1 Å². The van der Waals surface area contributed by atoms with Gasteiger partial charge in [0.1, 0.15) is 6.54 Å². The van der Waals surface area contributed by atoms with E-state index in [9.17, 15) is 9.59 Å². The van der Waals surface area contributed by atoms with Crippen LogP contribution in [-0.4, -0.2) is 41.5 Å². The molecule has 0 radical (unpaired) electrons. The lowest BCUT2D eigenvalue weighted by molar-refractivity contribution is -0.138. The number of carbonyl (C=O) groups is 2. The second kappa shape index (κ2) is 7.61. The summed E-state index contributed by atoms with van der Waals surface area (Å²) in [4.78, 5) is 24.0. The zero-order chi connectivity index (χ0) is 13.8. The Bertz CT molecular complexity index is 510. The van der Waals surface area contributed by atoms with Crippen molar-refractivity contribution >= 4 is 40.2 Å². The van der Waals surface area contributed by atoms with Crippen LogP contribution < -0.4 is 5.32 Å². The molecule has 20 heavy (non-hydrogen) atoms. The molecule has 0 spiro atoms. The Kier molecular flexibility index (Phi) is 6.45. The van der Waals surface area contributed by atoms with E-state index < -0.39 is 5.97 Å². The van der Waals surface area contributed by atoms with Crippen molar-refractivity contribution in [2.24, 2.45) is 0 Å². The predicted molar refractivity (Wildman–Crippen MR) is 81.0 cm³/mol. The third-order valence-electron chi connectivity index (χ3n) is 3.09. The number of nitrogens with zero attached hydrogens (tertiary/aromatic N) is 1. The molecule has 0 saturated heterocycles. The minimum Gasteiger partial charge on any atom is -0.480 e. The van der Waals surface area contributed by atoms with Crippen LogP contribution >= 0.6 is 28.3 Å². The lowest BCUT2D eigenvalue weighted by atomic mass is 10.00. The zero-order valence-corrected chi connectivity index (χ0v) is 13.2. The largest absolute Gasteiger partial charge is 0.480 e. The van der Waals surface area contributed by atoms with Crippen LogP contribution in [0.2, 0.25) is 0 Å². The molecule has 110 valence electrons. The molecular formula is C13H16BrClN2O3. The van der Waals surface area contributed by atoms with E-state index in [0.717, 1.165) is 24.0 Å². The van der Waals surface area contributed by atoms with Crippen molar-refractivity contribution in [2.75, 3.05) is 19.6 Å². The molecule has 0 saturated carbocycles. The van der Waals surface area contributed by atoms with Gasteiger partial charge in [0.15, 0.2) is 0 Å². The van der Waals surface area contributed by atoms with Gasteiger partial charge in [0.05, 0.1) is 6.54 Å². The highest BCUT2D eigenvalue weighted by Crippen LogP contribution is 2.25. The van der Waals surface area contributed by atoms with Crippen LogP contribution in [0.1, 0.15) is 11.1 Å². The lowest BCUT2D eigenvalue weighted by Gasteiger charge is -2.28. The van der Waals surface area contributed by atoms with Crippen molar-refractivity contribution in [1.82, 2.24) is 10.2 Å². The molecule has 1 aliphatic rings. The molecule has 1 aromatic carbocycles. The van der Waals surface area contributed by atoms with Crippen LogP contribution in [0.3, 0.4) is 0 Å². The van der Waals surface area contributed by atoms with Gasteiger partial charge in [-0.05, 0) is 23.6 Å². The Labute approximate surface area is 131 Å². The monoisotopic (exact) mass is 362 g/mol. The van der Waals surface area contributed by atoms with Gasteiger partial charge in [-0.15, -0.1) is 12.4 Å². The molecule has 0 aromatic heterocycles. The molecule has 2 N–H and O–H groups in total. The Hall–Kier alpha value is -1.11. The summed E-state index contributed by atoms with van der Waals surface area (Å²) in [5.41, 5.74) is 2.51. The first-order valence-electron chi connectivity index (χ1n) is 6.03. The van der Waals surface area contributed by atoms with Gasteiger partial charge in [0.25, 0.3) is 0 Å². The summed E-state index contributed by atoms with van der Waals surface area (Å²) in [6, 6.07) is 6.06. The third kappa shape index (κ3) is 4.47. The first-order chi connectivity index (χ1) is 9.06. The maximum absolute atomic E-state index is 11.6. The molecule has 0 bridgehead atoms. The predicted octanol–water partition coefficient (Wildman–Crippen LogP) is 1.43. The normalized spacial score (nSPS) is 14.1. The van der Waals surface area contributed by atoms with E-state index >= 15 is 0 Å². The van der Waals surface area contributed by atoms with Crippen molar-refractivity contribution in [3.8, 4) is 0 Å². The summed E-state index contributed by atoms with van der Waals surface area (Å²) in [5.74, 6) is -1.28. The minimum atomic E-state index is -1.03. The zero-order valence-electron chi connectivity index (χ0n) is 10.8. The van der Waals surface area contributed by atoms with Crippen molar-refractivity contribution in [3.63, 3.8) is 0 Å². The van der Waals surface area contributed by atoms with Gasteiger partial charge in [-0.25, -0.2) is 0 Å². The Balaban J connectivity index is 0.00000200. The van der Waals surface area contributed by atoms with Crippen molar-refractivity contribution in [1.29, 1.82) is 0 Å². The molecule has 0 fully saturated rings. The van der Waals surface area contributed by atoms with Crippen LogP contribution in [0.5, 0.6) is 0 Å². The Morgan fingerprint density at radius 3 is 2.85 bits per heavy atom. The number of carboxylic acid groups (broad SMARTS) is 1. The van der Waals surface area contributed by atoms with Gasteiger partial charge >= 0.3 is 5.97 Å². The summed E-state index contributed by atoms with van der Waals surface area (Å²) in [6.07, 6.45) is 0.892. The van der Waals surface area contributed by atoms with Crippen molar-refractivity contribution in [2.45, 2.75) is 13.0 Å². The van der Waals surface area contributed by atoms with E-state index in [0.29, 0.717) is 0 Å². The first-order valence-corrected chi connectivity index (χ1v) is 6.82. The fourth-order valence-electron chi connectivity index (χ4n) is 2.19. The SMILES string of the molecule is Cl.O=C(O)CNC(=O)CN1CCc2c(Br)cccc2C1. The van der Waals surface area contributed by atoms with E-state index in [4.69, 9.17) is 5.11 Å². The summed E-state index contributed by atoms with van der Waals surface area (Å²) >= 11 is 3.53. The molecule has 1 amide bonds. The number of hydrogen-bond donors (Lipinski definition) is 2. The smallest absolute Gasteiger partial charge is 0.322 e. The molecule has 0 unspecified atom stereocenters. The molecule has 1 heterocycles. The highest BCUT2D eigenvalue weighted by Gasteiger charge is 2.19. The molecule has 1 aliphatic heterocycles. The number of fused-ring (bicyclic) bond motifs is 1. The second-order valence-electron chi connectivity index (χ2n) is 4.51. The molecular weight excluding hydrogens is 348 g/mol. The Morgan fingerprint density at radius 2 is 2.15 bits per heavy atom. The number of rotatable bonds is 4. The van der Waals surface area contributed by atoms with Crippen LogP contribution in [-0.2, 0) is 22.6 Å². The molecule has 0 aliphatic carbocycles. The number of aliphatic carboxylic acids is 1. The highest BCUT2D eigenvalue weighted by molar-refractivity contribution is 9.10. The average molecular weight is 364 g/mol. The highest BCUT2D eigenvalue weighted by atomic mass is 79.9. The van der Waals surface area contributed by atoms with E-state index in [1.54, 1.807) is 0 Å². The number of amides is 1.